The van der Waals surface area contributed by atoms with Gasteiger partial charge in [0, 0.05) is 6.42 Å². The second-order valence-corrected chi connectivity index (χ2v) is 4.94. The average molecular weight is 264 g/mol. The molecule has 1 rings (SSSR count). The molecule has 4 nitrogen and oxygen atoms in total. The molecule has 0 aliphatic rings. The molecule has 1 atom stereocenters. The molecule has 0 fully saturated rings. The number of benzene rings is 1. The second-order valence-electron chi connectivity index (χ2n) is 4.94. The van der Waals surface area contributed by atoms with Crippen molar-refractivity contribution >= 4 is 5.91 Å². The van der Waals surface area contributed by atoms with Gasteiger partial charge in [0.25, 0.3) is 0 Å². The highest BCUT2D eigenvalue weighted by molar-refractivity contribution is 5.84. The first-order chi connectivity index (χ1) is 9.01. The fourth-order valence-electron chi connectivity index (χ4n) is 1.79. The fraction of sp³-hybridized carbons (Fsp3) is 0.533. The van der Waals surface area contributed by atoms with Crippen LogP contribution in [0.3, 0.4) is 0 Å². The third-order valence-corrected chi connectivity index (χ3v) is 3.43. The molecule has 0 aromatic heterocycles. The molecule has 1 unspecified atom stereocenters. The van der Waals surface area contributed by atoms with E-state index in [1.807, 2.05) is 12.1 Å². The van der Waals surface area contributed by atoms with Crippen molar-refractivity contribution in [2.45, 2.75) is 38.6 Å². The Bertz CT molecular complexity index is 403. The van der Waals surface area contributed by atoms with Crippen molar-refractivity contribution in [1.82, 2.24) is 5.32 Å². The Balaban J connectivity index is 2.46. The summed E-state index contributed by atoms with van der Waals surface area (Å²) in [6.45, 7) is 4.39. The molecular formula is C15H24N2O2. The van der Waals surface area contributed by atoms with Gasteiger partial charge in [-0.1, -0.05) is 25.5 Å². The van der Waals surface area contributed by atoms with Gasteiger partial charge >= 0.3 is 0 Å². The Morgan fingerprint density at radius 3 is 2.47 bits per heavy atom. The number of primary amides is 1. The number of carbonyl (C=O) groups is 1. The van der Waals surface area contributed by atoms with Crippen molar-refractivity contribution in [3.8, 4) is 5.75 Å². The maximum atomic E-state index is 11.3. The van der Waals surface area contributed by atoms with Gasteiger partial charge in [-0.2, -0.15) is 0 Å². The molecule has 0 aliphatic carbocycles. The minimum Gasteiger partial charge on any atom is -0.494 e. The minimum absolute atomic E-state index is 0.364. The van der Waals surface area contributed by atoms with Crippen LogP contribution in [0.15, 0.2) is 24.3 Å². The van der Waals surface area contributed by atoms with E-state index < -0.39 is 5.54 Å². The molecular weight excluding hydrogens is 240 g/mol. The van der Waals surface area contributed by atoms with Crippen LogP contribution < -0.4 is 15.8 Å². The highest BCUT2D eigenvalue weighted by Gasteiger charge is 2.28. The summed E-state index contributed by atoms with van der Waals surface area (Å²) < 4.78 is 5.64. The summed E-state index contributed by atoms with van der Waals surface area (Å²) in [5.74, 6) is 0.458. The van der Waals surface area contributed by atoms with Crippen LogP contribution in [0.4, 0.5) is 0 Å². The van der Waals surface area contributed by atoms with Crippen molar-refractivity contribution in [3.05, 3.63) is 29.8 Å². The molecule has 106 valence electrons. The first-order valence-corrected chi connectivity index (χ1v) is 6.72. The molecule has 0 bridgehead atoms. The number of nitrogens with two attached hydrogens (primary N) is 1. The van der Waals surface area contributed by atoms with Crippen molar-refractivity contribution in [2.24, 2.45) is 5.73 Å². The molecule has 0 heterocycles. The predicted octanol–water partition coefficient (Wildman–Crippen LogP) is 1.87. The van der Waals surface area contributed by atoms with Gasteiger partial charge < -0.3 is 15.8 Å². The molecule has 1 aromatic carbocycles. The van der Waals surface area contributed by atoms with Gasteiger partial charge in [-0.05, 0) is 38.1 Å². The van der Waals surface area contributed by atoms with Crippen molar-refractivity contribution < 1.29 is 9.53 Å². The molecule has 4 heteroatoms. The number of ether oxygens (including phenoxy) is 1. The van der Waals surface area contributed by atoms with Crippen LogP contribution in [0.2, 0.25) is 0 Å². The van der Waals surface area contributed by atoms with Gasteiger partial charge in [0.05, 0.1) is 12.1 Å². The van der Waals surface area contributed by atoms with Gasteiger partial charge in [0.1, 0.15) is 5.75 Å². The van der Waals surface area contributed by atoms with Crippen LogP contribution >= 0.6 is 0 Å². The zero-order valence-electron chi connectivity index (χ0n) is 12.0. The lowest BCUT2D eigenvalue weighted by Gasteiger charge is -2.25. The maximum Gasteiger partial charge on any atom is 0.237 e. The van der Waals surface area contributed by atoms with E-state index in [9.17, 15) is 4.79 Å². The quantitative estimate of drug-likeness (QED) is 0.753. The number of amides is 1. The number of nitrogens with one attached hydrogen (secondary N) is 1. The number of hydrogen-bond acceptors (Lipinski definition) is 3. The van der Waals surface area contributed by atoms with Crippen molar-refractivity contribution in [1.29, 1.82) is 0 Å². The second kappa shape index (κ2) is 7.14. The van der Waals surface area contributed by atoms with E-state index in [0.717, 1.165) is 18.6 Å². The molecule has 0 aliphatic heterocycles. The number of likely N-dealkylation sites (N-methyl/N-ethyl adjacent to an activating group) is 1. The largest absolute Gasteiger partial charge is 0.494 e. The van der Waals surface area contributed by atoms with E-state index in [1.54, 1.807) is 14.0 Å². The summed E-state index contributed by atoms with van der Waals surface area (Å²) in [6, 6.07) is 8.08. The highest BCUT2D eigenvalue weighted by Crippen LogP contribution is 2.15. The number of aryl methyl sites for hydroxylation is 1. The summed E-state index contributed by atoms with van der Waals surface area (Å²) in [5, 5.41) is 2.94. The number of rotatable bonds is 8. The van der Waals surface area contributed by atoms with Crippen LogP contribution in [0.25, 0.3) is 0 Å². The third kappa shape index (κ3) is 4.56. The third-order valence-electron chi connectivity index (χ3n) is 3.43. The molecule has 0 saturated heterocycles. The Hall–Kier alpha value is -1.55. The number of hydrogen-bond donors (Lipinski definition) is 2. The van der Waals surface area contributed by atoms with Crippen LogP contribution in [0.1, 0.15) is 32.3 Å². The van der Waals surface area contributed by atoms with Crippen LogP contribution in [-0.2, 0) is 11.2 Å². The zero-order valence-corrected chi connectivity index (χ0v) is 12.0. The smallest absolute Gasteiger partial charge is 0.237 e. The van der Waals surface area contributed by atoms with E-state index in [2.05, 4.69) is 24.4 Å². The zero-order chi connectivity index (χ0) is 14.3. The van der Waals surface area contributed by atoms with Crippen LogP contribution in [0.5, 0.6) is 5.75 Å². The van der Waals surface area contributed by atoms with Gasteiger partial charge in [-0.25, -0.2) is 0 Å². The Morgan fingerprint density at radius 2 is 2.00 bits per heavy atom. The van der Waals surface area contributed by atoms with Crippen LogP contribution in [0, 0.1) is 0 Å². The Morgan fingerprint density at radius 1 is 1.37 bits per heavy atom. The lowest BCUT2D eigenvalue weighted by atomic mass is 9.98. The fourth-order valence-corrected chi connectivity index (χ4v) is 1.79. The van der Waals surface area contributed by atoms with E-state index in [1.165, 1.54) is 5.56 Å². The maximum absolute atomic E-state index is 11.3. The van der Waals surface area contributed by atoms with Gasteiger partial charge in [0.15, 0.2) is 0 Å². The summed E-state index contributed by atoms with van der Waals surface area (Å²) in [6.07, 6.45) is 2.76. The monoisotopic (exact) mass is 264 g/mol. The number of carbonyl (C=O) groups excluding carboxylic acids is 1. The lowest BCUT2D eigenvalue weighted by Crippen LogP contribution is -2.52. The molecule has 1 amide bonds. The van der Waals surface area contributed by atoms with E-state index in [4.69, 9.17) is 10.5 Å². The van der Waals surface area contributed by atoms with Crippen LogP contribution in [-0.4, -0.2) is 25.1 Å². The first-order valence-electron chi connectivity index (χ1n) is 6.72. The standard InChI is InChI=1S/C15H24N2O2/c1-4-5-12-6-8-13(9-7-12)19-11-10-15(2,17-3)14(16)18/h6-9,17H,4-5,10-11H2,1-3H3,(H2,16,18). The molecule has 3 N–H and O–H groups in total. The van der Waals surface area contributed by atoms with Gasteiger partial charge in [-0.15, -0.1) is 0 Å². The van der Waals surface area contributed by atoms with E-state index in [-0.39, 0.29) is 5.91 Å². The lowest BCUT2D eigenvalue weighted by molar-refractivity contribution is -0.124. The Kier molecular flexibility index (Phi) is 5.83. The summed E-state index contributed by atoms with van der Waals surface area (Å²) >= 11 is 0. The Labute approximate surface area is 115 Å². The highest BCUT2D eigenvalue weighted by atomic mass is 16.5. The van der Waals surface area contributed by atoms with Crippen molar-refractivity contribution in [3.63, 3.8) is 0 Å². The van der Waals surface area contributed by atoms with E-state index >= 15 is 0 Å². The molecule has 1 aromatic rings. The summed E-state index contributed by atoms with van der Waals surface area (Å²) in [7, 11) is 1.73. The van der Waals surface area contributed by atoms with Gasteiger partial charge in [-0.3, -0.25) is 4.79 Å². The molecule has 0 radical (unpaired) electrons. The topological polar surface area (TPSA) is 64.3 Å². The van der Waals surface area contributed by atoms with E-state index in [0.29, 0.717) is 13.0 Å². The van der Waals surface area contributed by atoms with Crippen molar-refractivity contribution in [2.75, 3.05) is 13.7 Å². The summed E-state index contributed by atoms with van der Waals surface area (Å²) in [4.78, 5) is 11.3. The molecule has 0 saturated carbocycles. The predicted molar refractivity (Wildman–Crippen MR) is 77.2 cm³/mol. The minimum atomic E-state index is -0.720. The van der Waals surface area contributed by atoms with Gasteiger partial charge in [0.2, 0.25) is 5.91 Å². The average Bonchev–Trinajstić information content (AvgIpc) is 2.40. The first kappa shape index (κ1) is 15.5. The molecule has 19 heavy (non-hydrogen) atoms. The summed E-state index contributed by atoms with van der Waals surface area (Å²) in [5.41, 5.74) is 5.95. The normalized spacial score (nSPS) is 13.8. The SMILES string of the molecule is CCCc1ccc(OCCC(C)(NC)C(N)=O)cc1. The molecule has 0 spiro atoms.